The minimum absolute atomic E-state index is 0.0674. The number of carbonyl (C=O) groups is 1. The third-order valence-corrected chi connectivity index (χ3v) is 5.27. The van der Waals surface area contributed by atoms with E-state index >= 15 is 0 Å². The molecule has 1 heterocycles. The molecule has 0 saturated carbocycles. The van der Waals surface area contributed by atoms with Gasteiger partial charge in [0, 0.05) is 5.75 Å². The maximum absolute atomic E-state index is 13.1. The molecule has 0 aliphatic heterocycles. The van der Waals surface area contributed by atoms with E-state index in [1.54, 1.807) is 10.6 Å². The fourth-order valence-corrected chi connectivity index (χ4v) is 3.70. The van der Waals surface area contributed by atoms with Crippen LogP contribution >= 0.6 is 11.8 Å². The Bertz CT molecular complexity index is 1010. The molecule has 0 fully saturated rings. The molecule has 0 amide bonds. The van der Waals surface area contributed by atoms with E-state index in [1.165, 1.54) is 17.3 Å². The standard InChI is InChI=1S/C22H24N2O3S/c1-3-13-27-20(25)12-14-28-22-23-19-7-5-4-6-18(19)21(26)24(22)15-17-10-8-16(2)9-11-17/h4-11H,3,12-15H2,1-2H3. The van der Waals surface area contributed by atoms with E-state index < -0.39 is 0 Å². The number of hydrogen-bond donors (Lipinski definition) is 0. The first-order valence-electron chi connectivity index (χ1n) is 9.42. The number of rotatable bonds is 8. The Morgan fingerprint density at radius 2 is 1.89 bits per heavy atom. The van der Waals surface area contributed by atoms with Gasteiger partial charge in [-0.05, 0) is 31.0 Å². The number of para-hydroxylation sites is 1. The SMILES string of the molecule is CCCOC(=O)CCSc1nc2ccccc2c(=O)n1Cc1ccc(C)cc1. The highest BCUT2D eigenvalue weighted by Gasteiger charge is 2.13. The van der Waals surface area contributed by atoms with Crippen LogP contribution in [-0.2, 0) is 16.1 Å². The highest BCUT2D eigenvalue weighted by Crippen LogP contribution is 2.20. The summed E-state index contributed by atoms with van der Waals surface area (Å²) in [6, 6.07) is 15.5. The van der Waals surface area contributed by atoms with Gasteiger partial charge in [-0.1, -0.05) is 60.6 Å². The zero-order valence-electron chi connectivity index (χ0n) is 16.2. The molecule has 0 aliphatic rings. The summed E-state index contributed by atoms with van der Waals surface area (Å²) in [5, 5.41) is 1.22. The molecule has 6 heteroatoms. The van der Waals surface area contributed by atoms with Crippen LogP contribution in [0.4, 0.5) is 0 Å². The van der Waals surface area contributed by atoms with E-state index in [0.29, 0.717) is 35.0 Å². The second-order valence-corrected chi connectivity index (χ2v) is 7.67. The first-order valence-corrected chi connectivity index (χ1v) is 10.4. The molecule has 0 aliphatic carbocycles. The normalized spacial score (nSPS) is 10.9. The Kier molecular flexibility index (Phi) is 6.87. The van der Waals surface area contributed by atoms with Crippen LogP contribution in [-0.4, -0.2) is 27.9 Å². The van der Waals surface area contributed by atoms with Gasteiger partial charge in [-0.25, -0.2) is 4.98 Å². The van der Waals surface area contributed by atoms with Crippen molar-refractivity contribution in [2.75, 3.05) is 12.4 Å². The van der Waals surface area contributed by atoms with Gasteiger partial charge < -0.3 is 4.74 Å². The van der Waals surface area contributed by atoms with Crippen LogP contribution in [0.1, 0.15) is 30.9 Å². The van der Waals surface area contributed by atoms with Gasteiger partial charge in [0.05, 0.1) is 30.5 Å². The molecule has 0 radical (unpaired) electrons. The van der Waals surface area contributed by atoms with Gasteiger partial charge in [0.15, 0.2) is 5.16 Å². The summed E-state index contributed by atoms with van der Waals surface area (Å²) >= 11 is 1.41. The van der Waals surface area contributed by atoms with Crippen LogP contribution in [0.3, 0.4) is 0 Å². The summed E-state index contributed by atoms with van der Waals surface area (Å²) in [5.74, 6) is 0.295. The Morgan fingerprint density at radius 3 is 2.64 bits per heavy atom. The summed E-state index contributed by atoms with van der Waals surface area (Å²) in [7, 11) is 0. The third-order valence-electron chi connectivity index (χ3n) is 4.29. The molecule has 3 rings (SSSR count). The van der Waals surface area contributed by atoms with E-state index in [1.807, 2.05) is 56.3 Å². The Labute approximate surface area is 168 Å². The molecule has 0 spiro atoms. The largest absolute Gasteiger partial charge is 0.466 e. The third kappa shape index (κ3) is 5.01. The number of aromatic nitrogens is 2. The fraction of sp³-hybridized carbons (Fsp3) is 0.318. The number of benzene rings is 2. The smallest absolute Gasteiger partial charge is 0.306 e. The van der Waals surface area contributed by atoms with Crippen molar-refractivity contribution >= 4 is 28.6 Å². The van der Waals surface area contributed by atoms with Crippen LogP contribution in [0.2, 0.25) is 0 Å². The lowest BCUT2D eigenvalue weighted by atomic mass is 10.1. The van der Waals surface area contributed by atoms with Crippen LogP contribution in [0, 0.1) is 6.92 Å². The predicted octanol–water partition coefficient (Wildman–Crippen LogP) is 4.19. The van der Waals surface area contributed by atoms with Gasteiger partial charge in [-0.3, -0.25) is 14.2 Å². The molecule has 0 bridgehead atoms. The lowest BCUT2D eigenvalue weighted by molar-refractivity contribution is -0.143. The Morgan fingerprint density at radius 1 is 1.14 bits per heavy atom. The molecule has 2 aromatic carbocycles. The molecule has 0 atom stereocenters. The van der Waals surface area contributed by atoms with Crippen LogP contribution in [0.25, 0.3) is 10.9 Å². The highest BCUT2D eigenvalue weighted by molar-refractivity contribution is 7.99. The number of fused-ring (bicyclic) bond motifs is 1. The van der Waals surface area contributed by atoms with E-state index in [0.717, 1.165) is 12.0 Å². The summed E-state index contributed by atoms with van der Waals surface area (Å²) in [6.07, 6.45) is 1.10. The summed E-state index contributed by atoms with van der Waals surface area (Å²) < 4.78 is 6.81. The number of aryl methyl sites for hydroxylation is 1. The lowest BCUT2D eigenvalue weighted by Crippen LogP contribution is -2.24. The minimum atomic E-state index is -0.220. The van der Waals surface area contributed by atoms with Crippen LogP contribution < -0.4 is 5.56 Å². The van der Waals surface area contributed by atoms with Crippen molar-refractivity contribution in [1.29, 1.82) is 0 Å². The maximum atomic E-state index is 13.1. The second-order valence-electron chi connectivity index (χ2n) is 6.61. The zero-order chi connectivity index (χ0) is 19.9. The van der Waals surface area contributed by atoms with Crippen molar-refractivity contribution in [2.45, 2.75) is 38.4 Å². The van der Waals surface area contributed by atoms with Gasteiger partial charge >= 0.3 is 5.97 Å². The molecule has 146 valence electrons. The van der Waals surface area contributed by atoms with Gasteiger partial charge in [0.25, 0.3) is 5.56 Å². The van der Waals surface area contributed by atoms with Crippen molar-refractivity contribution < 1.29 is 9.53 Å². The number of nitrogens with zero attached hydrogens (tertiary/aromatic N) is 2. The van der Waals surface area contributed by atoms with Gasteiger partial charge in [0.1, 0.15) is 0 Å². The number of ether oxygens (including phenoxy) is 1. The lowest BCUT2D eigenvalue weighted by Gasteiger charge is -2.13. The van der Waals surface area contributed by atoms with Crippen molar-refractivity contribution in [2.24, 2.45) is 0 Å². The Hall–Kier alpha value is -2.60. The average molecular weight is 397 g/mol. The van der Waals surface area contributed by atoms with E-state index in [-0.39, 0.29) is 17.9 Å². The first kappa shape index (κ1) is 20.1. The number of hydrogen-bond acceptors (Lipinski definition) is 5. The van der Waals surface area contributed by atoms with Gasteiger partial charge in [0.2, 0.25) is 0 Å². The summed E-state index contributed by atoms with van der Waals surface area (Å²) in [4.78, 5) is 29.5. The summed E-state index contributed by atoms with van der Waals surface area (Å²) in [5.41, 5.74) is 2.81. The van der Waals surface area contributed by atoms with Crippen molar-refractivity contribution in [3.05, 3.63) is 70.0 Å². The Balaban J connectivity index is 1.87. The van der Waals surface area contributed by atoms with Crippen LogP contribution in [0.5, 0.6) is 0 Å². The van der Waals surface area contributed by atoms with E-state index in [4.69, 9.17) is 4.74 Å². The molecular formula is C22H24N2O3S. The van der Waals surface area contributed by atoms with Gasteiger partial charge in [-0.2, -0.15) is 0 Å². The number of esters is 1. The van der Waals surface area contributed by atoms with Gasteiger partial charge in [-0.15, -0.1) is 0 Å². The molecule has 0 N–H and O–H groups in total. The zero-order valence-corrected chi connectivity index (χ0v) is 17.0. The van der Waals surface area contributed by atoms with Crippen molar-refractivity contribution in [3.63, 3.8) is 0 Å². The highest BCUT2D eigenvalue weighted by atomic mass is 32.2. The van der Waals surface area contributed by atoms with E-state index in [9.17, 15) is 9.59 Å². The first-order chi connectivity index (χ1) is 13.6. The maximum Gasteiger partial charge on any atom is 0.306 e. The molecule has 3 aromatic rings. The molecule has 5 nitrogen and oxygen atoms in total. The minimum Gasteiger partial charge on any atom is -0.466 e. The predicted molar refractivity (Wildman–Crippen MR) is 113 cm³/mol. The molecule has 1 aromatic heterocycles. The number of thioether (sulfide) groups is 1. The topological polar surface area (TPSA) is 61.2 Å². The second kappa shape index (κ2) is 9.55. The molecular weight excluding hydrogens is 372 g/mol. The quantitative estimate of drug-likeness (QED) is 0.325. The molecule has 0 saturated heterocycles. The fourth-order valence-electron chi connectivity index (χ4n) is 2.79. The molecule has 28 heavy (non-hydrogen) atoms. The summed E-state index contributed by atoms with van der Waals surface area (Å²) in [6.45, 7) is 4.88. The average Bonchev–Trinajstić information content (AvgIpc) is 2.70. The molecule has 0 unspecified atom stereocenters. The van der Waals surface area contributed by atoms with Crippen LogP contribution in [0.15, 0.2) is 58.5 Å². The van der Waals surface area contributed by atoms with E-state index in [2.05, 4.69) is 4.98 Å². The van der Waals surface area contributed by atoms with Crippen molar-refractivity contribution in [1.82, 2.24) is 9.55 Å². The monoisotopic (exact) mass is 396 g/mol. The number of carbonyl (C=O) groups excluding carboxylic acids is 1. The van der Waals surface area contributed by atoms with Crippen molar-refractivity contribution in [3.8, 4) is 0 Å².